The number of benzene rings is 2. The van der Waals surface area contributed by atoms with E-state index >= 15 is 0 Å². The van der Waals surface area contributed by atoms with Crippen molar-refractivity contribution in [1.29, 1.82) is 0 Å². The second-order valence-corrected chi connectivity index (χ2v) is 7.73. The van der Waals surface area contributed by atoms with E-state index in [0.29, 0.717) is 5.02 Å². The molecule has 0 bridgehead atoms. The molecule has 2 N–H and O–H groups in total. The number of rotatable bonds is 6. The van der Waals surface area contributed by atoms with Gasteiger partial charge >= 0.3 is 0 Å². The minimum atomic E-state index is -4.24. The maximum Gasteiger partial charge on any atom is 0.271 e. The molecule has 12 heteroatoms. The summed E-state index contributed by atoms with van der Waals surface area (Å²) < 4.78 is 27.6. The third-order valence-corrected chi connectivity index (χ3v) is 5.14. The third-order valence-electron chi connectivity index (χ3n) is 3.54. The Labute approximate surface area is 169 Å². The second-order valence-electron chi connectivity index (χ2n) is 5.62. The SMILES string of the molecule is O=C(Nc1ncccn1)c1cc([N+](=O)[O-])cc(S(=O)(=O)Nc2cccc(Cl)c2)c1. The molecule has 0 atom stereocenters. The molecule has 0 radical (unpaired) electrons. The predicted molar refractivity (Wildman–Crippen MR) is 105 cm³/mol. The quantitative estimate of drug-likeness (QED) is 0.448. The minimum absolute atomic E-state index is 0.0366. The molecule has 3 aromatic rings. The van der Waals surface area contributed by atoms with Gasteiger partial charge in [0, 0.05) is 35.1 Å². The molecular weight excluding hydrogens is 422 g/mol. The number of nitrogens with one attached hydrogen (secondary N) is 2. The lowest BCUT2D eigenvalue weighted by atomic mass is 10.2. The van der Waals surface area contributed by atoms with Crippen molar-refractivity contribution in [3.8, 4) is 0 Å². The number of aromatic nitrogens is 2. The van der Waals surface area contributed by atoms with Gasteiger partial charge in [-0.15, -0.1) is 0 Å². The van der Waals surface area contributed by atoms with Crippen LogP contribution in [0.4, 0.5) is 17.3 Å². The highest BCUT2D eigenvalue weighted by molar-refractivity contribution is 7.92. The number of hydrogen-bond acceptors (Lipinski definition) is 7. The Bertz CT molecular complexity index is 1190. The first kappa shape index (κ1) is 20.2. The normalized spacial score (nSPS) is 10.9. The van der Waals surface area contributed by atoms with Crippen LogP contribution in [0.2, 0.25) is 5.02 Å². The van der Waals surface area contributed by atoms with Gasteiger partial charge in [-0.3, -0.25) is 24.9 Å². The number of sulfonamides is 1. The van der Waals surface area contributed by atoms with Crippen molar-refractivity contribution in [1.82, 2.24) is 9.97 Å². The smallest absolute Gasteiger partial charge is 0.271 e. The largest absolute Gasteiger partial charge is 0.290 e. The van der Waals surface area contributed by atoms with Crippen molar-refractivity contribution in [3.63, 3.8) is 0 Å². The molecule has 0 aliphatic carbocycles. The van der Waals surface area contributed by atoms with E-state index in [-0.39, 0.29) is 17.2 Å². The first-order chi connectivity index (χ1) is 13.7. The van der Waals surface area contributed by atoms with Crippen LogP contribution in [0.15, 0.2) is 65.8 Å². The summed E-state index contributed by atoms with van der Waals surface area (Å²) in [6, 6.07) is 10.3. The fraction of sp³-hybridized carbons (Fsp3) is 0. The highest BCUT2D eigenvalue weighted by Gasteiger charge is 2.22. The lowest BCUT2D eigenvalue weighted by molar-refractivity contribution is -0.385. The van der Waals surface area contributed by atoms with Crippen molar-refractivity contribution in [3.05, 3.63) is 81.6 Å². The van der Waals surface area contributed by atoms with E-state index in [1.807, 2.05) is 0 Å². The van der Waals surface area contributed by atoms with Gasteiger partial charge in [-0.05, 0) is 30.3 Å². The van der Waals surface area contributed by atoms with Gasteiger partial charge in [0.1, 0.15) is 0 Å². The summed E-state index contributed by atoms with van der Waals surface area (Å²) in [6.07, 6.45) is 2.78. The van der Waals surface area contributed by atoms with Crippen molar-refractivity contribution in [2.24, 2.45) is 0 Å². The summed E-state index contributed by atoms with van der Waals surface area (Å²) in [5.41, 5.74) is -0.663. The average molecular weight is 434 g/mol. The van der Waals surface area contributed by atoms with Gasteiger partial charge in [0.2, 0.25) is 5.95 Å². The van der Waals surface area contributed by atoms with Crippen LogP contribution in [0.1, 0.15) is 10.4 Å². The Hall–Kier alpha value is -3.57. The number of hydrogen-bond donors (Lipinski definition) is 2. The summed E-state index contributed by atoms with van der Waals surface area (Å²) >= 11 is 5.84. The number of carbonyl (C=O) groups is 1. The summed E-state index contributed by atoms with van der Waals surface area (Å²) in [5.74, 6) is -0.843. The van der Waals surface area contributed by atoms with Gasteiger partial charge in [0.25, 0.3) is 21.6 Å². The summed E-state index contributed by atoms with van der Waals surface area (Å²) in [5, 5.41) is 13.9. The molecule has 10 nitrogen and oxygen atoms in total. The molecule has 0 aliphatic heterocycles. The van der Waals surface area contributed by atoms with Crippen LogP contribution in [0.25, 0.3) is 0 Å². The number of halogens is 1. The third kappa shape index (κ3) is 5.03. The van der Waals surface area contributed by atoms with Crippen LogP contribution in [0.3, 0.4) is 0 Å². The van der Waals surface area contributed by atoms with Crippen molar-refractivity contribution in [2.45, 2.75) is 4.90 Å². The molecule has 1 aromatic heterocycles. The zero-order chi connectivity index (χ0) is 21.0. The number of amides is 1. The predicted octanol–water partition coefficient (Wildman–Crippen LogP) is 3.09. The topological polar surface area (TPSA) is 144 Å². The first-order valence-corrected chi connectivity index (χ1v) is 9.77. The molecule has 2 aromatic carbocycles. The lowest BCUT2D eigenvalue weighted by Crippen LogP contribution is -2.17. The Morgan fingerprint density at radius 1 is 1.07 bits per heavy atom. The van der Waals surface area contributed by atoms with Gasteiger partial charge in [0.05, 0.1) is 15.5 Å². The van der Waals surface area contributed by atoms with E-state index < -0.39 is 31.4 Å². The fourth-order valence-corrected chi connectivity index (χ4v) is 3.58. The molecule has 0 saturated carbocycles. The molecule has 1 amide bonds. The highest BCUT2D eigenvalue weighted by Crippen LogP contribution is 2.24. The highest BCUT2D eigenvalue weighted by atomic mass is 35.5. The molecule has 0 spiro atoms. The Morgan fingerprint density at radius 2 is 1.79 bits per heavy atom. The molecule has 29 heavy (non-hydrogen) atoms. The number of non-ortho nitro benzene ring substituents is 1. The minimum Gasteiger partial charge on any atom is -0.290 e. The molecule has 0 saturated heterocycles. The van der Waals surface area contributed by atoms with E-state index in [9.17, 15) is 23.3 Å². The molecular formula is C17H12ClN5O5S. The van der Waals surface area contributed by atoms with Crippen LogP contribution in [0.5, 0.6) is 0 Å². The van der Waals surface area contributed by atoms with E-state index in [2.05, 4.69) is 20.0 Å². The van der Waals surface area contributed by atoms with Crippen molar-refractivity contribution < 1.29 is 18.1 Å². The Balaban J connectivity index is 1.98. The van der Waals surface area contributed by atoms with Crippen molar-refractivity contribution >= 4 is 44.9 Å². The number of nitrogens with zero attached hydrogens (tertiary/aromatic N) is 3. The number of anilines is 2. The summed E-state index contributed by atoms with van der Waals surface area (Å²) in [7, 11) is -4.24. The van der Waals surface area contributed by atoms with E-state index in [4.69, 9.17) is 11.6 Å². The van der Waals surface area contributed by atoms with Crippen LogP contribution in [-0.2, 0) is 10.0 Å². The van der Waals surface area contributed by atoms with Crippen molar-refractivity contribution in [2.75, 3.05) is 10.0 Å². The van der Waals surface area contributed by atoms with E-state index in [1.165, 1.54) is 36.7 Å². The standard InChI is InChI=1S/C17H12ClN5O5S/c18-12-3-1-4-13(9-12)22-29(27,28)15-8-11(7-14(10-15)23(25)26)16(24)21-17-19-5-2-6-20-17/h1-10,22H,(H,19,20,21,24). The summed E-state index contributed by atoms with van der Waals surface area (Å²) in [4.78, 5) is 30.0. The van der Waals surface area contributed by atoms with Gasteiger partial charge < -0.3 is 0 Å². The Kier molecular flexibility index (Phi) is 5.71. The van der Waals surface area contributed by atoms with Crippen LogP contribution in [-0.4, -0.2) is 29.2 Å². The molecule has 0 aliphatic rings. The van der Waals surface area contributed by atoms with Crippen LogP contribution < -0.4 is 10.0 Å². The van der Waals surface area contributed by atoms with Gasteiger partial charge in [-0.2, -0.15) is 0 Å². The molecule has 3 rings (SSSR count). The zero-order valence-corrected chi connectivity index (χ0v) is 16.0. The van der Waals surface area contributed by atoms with Gasteiger partial charge in [0.15, 0.2) is 0 Å². The maximum absolute atomic E-state index is 12.7. The zero-order valence-electron chi connectivity index (χ0n) is 14.4. The molecule has 1 heterocycles. The maximum atomic E-state index is 12.7. The van der Waals surface area contributed by atoms with E-state index in [0.717, 1.165) is 18.2 Å². The number of nitro benzene ring substituents is 1. The monoisotopic (exact) mass is 433 g/mol. The van der Waals surface area contributed by atoms with Gasteiger partial charge in [-0.25, -0.2) is 18.4 Å². The second kappa shape index (κ2) is 8.20. The Morgan fingerprint density at radius 3 is 2.45 bits per heavy atom. The lowest BCUT2D eigenvalue weighted by Gasteiger charge is -2.10. The van der Waals surface area contributed by atoms with Gasteiger partial charge in [-0.1, -0.05) is 17.7 Å². The summed E-state index contributed by atoms with van der Waals surface area (Å²) in [6.45, 7) is 0. The number of nitro groups is 1. The molecule has 148 valence electrons. The van der Waals surface area contributed by atoms with Crippen LogP contribution in [0, 0.1) is 10.1 Å². The first-order valence-electron chi connectivity index (χ1n) is 7.91. The molecule has 0 fully saturated rings. The fourth-order valence-electron chi connectivity index (χ4n) is 2.28. The average Bonchev–Trinajstić information content (AvgIpc) is 2.68. The van der Waals surface area contributed by atoms with Crippen LogP contribution >= 0.6 is 11.6 Å². The number of carbonyl (C=O) groups excluding carboxylic acids is 1. The molecule has 0 unspecified atom stereocenters. The van der Waals surface area contributed by atoms with E-state index in [1.54, 1.807) is 6.07 Å².